The van der Waals surface area contributed by atoms with Crippen molar-refractivity contribution in [3.63, 3.8) is 0 Å². The van der Waals surface area contributed by atoms with E-state index in [1.807, 2.05) is 6.07 Å². The summed E-state index contributed by atoms with van der Waals surface area (Å²) in [4.78, 5) is 4.88. The average molecular weight is 310 g/mol. The van der Waals surface area contributed by atoms with Gasteiger partial charge >= 0.3 is 0 Å². The van der Waals surface area contributed by atoms with E-state index < -0.39 is 0 Å². The number of nitrogens with one attached hydrogen (secondary N) is 1. The third-order valence-corrected chi connectivity index (χ3v) is 4.15. The quantitative estimate of drug-likeness (QED) is 0.923. The van der Waals surface area contributed by atoms with Gasteiger partial charge in [-0.2, -0.15) is 0 Å². The number of anilines is 1. The van der Waals surface area contributed by atoms with Crippen molar-refractivity contribution in [1.29, 1.82) is 0 Å². The van der Waals surface area contributed by atoms with Crippen LogP contribution in [0.3, 0.4) is 0 Å². The summed E-state index contributed by atoms with van der Waals surface area (Å²) in [5, 5.41) is 4.40. The molecule has 1 aliphatic heterocycles. The summed E-state index contributed by atoms with van der Waals surface area (Å²) in [5.74, 6) is 0. The van der Waals surface area contributed by atoms with E-state index in [0.29, 0.717) is 0 Å². The number of rotatable bonds is 3. The zero-order valence-electron chi connectivity index (χ0n) is 13.7. The first kappa shape index (κ1) is 16.6. The van der Waals surface area contributed by atoms with Gasteiger partial charge in [0.15, 0.2) is 0 Å². The second-order valence-corrected chi connectivity index (χ2v) is 7.46. The summed E-state index contributed by atoms with van der Waals surface area (Å²) in [5.41, 5.74) is 2.74. The van der Waals surface area contributed by atoms with Gasteiger partial charge in [-0.05, 0) is 58.5 Å². The van der Waals surface area contributed by atoms with Gasteiger partial charge in [-0.15, -0.1) is 0 Å². The number of benzene rings is 1. The van der Waals surface area contributed by atoms with Gasteiger partial charge in [0.05, 0.1) is 0 Å². The van der Waals surface area contributed by atoms with Crippen molar-refractivity contribution in [2.45, 2.75) is 39.3 Å². The Kier molecular flexibility index (Phi) is 5.53. The molecule has 1 fully saturated rings. The topological polar surface area (TPSA) is 18.5 Å². The molecule has 0 radical (unpaired) electrons. The molecular formula is C17H28ClN3. The molecule has 2 rings (SSSR count). The highest BCUT2D eigenvalue weighted by atomic mass is 35.5. The largest absolute Gasteiger partial charge is 0.370 e. The van der Waals surface area contributed by atoms with E-state index >= 15 is 0 Å². The van der Waals surface area contributed by atoms with Gasteiger partial charge in [0.25, 0.3) is 0 Å². The molecule has 0 aliphatic carbocycles. The SMILES string of the molecule is CN1CCCN(c2cc(Cl)ccc2CNC(C)(C)C)CC1. The first-order valence-electron chi connectivity index (χ1n) is 7.82. The Labute approximate surface area is 134 Å². The van der Waals surface area contributed by atoms with Crippen LogP contribution in [0, 0.1) is 0 Å². The van der Waals surface area contributed by atoms with Gasteiger partial charge in [-0.1, -0.05) is 17.7 Å². The normalized spacial score (nSPS) is 17.9. The third kappa shape index (κ3) is 5.17. The van der Waals surface area contributed by atoms with E-state index in [9.17, 15) is 0 Å². The Balaban J connectivity index is 2.18. The fourth-order valence-electron chi connectivity index (χ4n) is 2.63. The van der Waals surface area contributed by atoms with E-state index in [4.69, 9.17) is 11.6 Å². The monoisotopic (exact) mass is 309 g/mol. The first-order valence-corrected chi connectivity index (χ1v) is 8.20. The highest BCUT2D eigenvalue weighted by molar-refractivity contribution is 6.30. The minimum Gasteiger partial charge on any atom is -0.370 e. The molecule has 1 aromatic carbocycles. The van der Waals surface area contributed by atoms with Gasteiger partial charge in [0.1, 0.15) is 0 Å². The van der Waals surface area contributed by atoms with Crippen LogP contribution in [0.15, 0.2) is 18.2 Å². The van der Waals surface area contributed by atoms with Crippen LogP contribution in [0.1, 0.15) is 32.8 Å². The molecule has 21 heavy (non-hydrogen) atoms. The lowest BCUT2D eigenvalue weighted by atomic mass is 10.1. The Morgan fingerprint density at radius 1 is 1.14 bits per heavy atom. The van der Waals surface area contributed by atoms with Crippen molar-refractivity contribution in [2.24, 2.45) is 0 Å². The molecule has 0 amide bonds. The lowest BCUT2D eigenvalue weighted by Crippen LogP contribution is -2.36. The predicted octanol–water partition coefficient (Wildman–Crippen LogP) is 3.37. The fourth-order valence-corrected chi connectivity index (χ4v) is 2.80. The Morgan fingerprint density at radius 3 is 2.62 bits per heavy atom. The standard InChI is InChI=1S/C17H28ClN3/c1-17(2,3)19-13-14-6-7-15(18)12-16(14)21-9-5-8-20(4)10-11-21/h6-7,12,19H,5,8-11,13H2,1-4H3. The minimum absolute atomic E-state index is 0.121. The number of nitrogens with zero attached hydrogens (tertiary/aromatic N) is 2. The number of likely N-dealkylation sites (N-methyl/N-ethyl adjacent to an activating group) is 1. The molecule has 0 saturated carbocycles. The van der Waals surface area contributed by atoms with Crippen molar-refractivity contribution in [3.05, 3.63) is 28.8 Å². The highest BCUT2D eigenvalue weighted by Gasteiger charge is 2.17. The summed E-state index contributed by atoms with van der Waals surface area (Å²) in [7, 11) is 2.20. The Hall–Kier alpha value is -0.770. The van der Waals surface area contributed by atoms with Gasteiger partial charge in [0.2, 0.25) is 0 Å². The molecule has 0 aromatic heterocycles. The van der Waals surface area contributed by atoms with Crippen molar-refractivity contribution in [1.82, 2.24) is 10.2 Å². The summed E-state index contributed by atoms with van der Waals surface area (Å²) in [6.07, 6.45) is 1.20. The molecule has 1 N–H and O–H groups in total. The highest BCUT2D eigenvalue weighted by Crippen LogP contribution is 2.26. The lowest BCUT2D eigenvalue weighted by molar-refractivity contribution is 0.360. The van der Waals surface area contributed by atoms with Gasteiger partial charge in [-0.25, -0.2) is 0 Å². The maximum atomic E-state index is 6.24. The molecule has 4 heteroatoms. The van der Waals surface area contributed by atoms with E-state index in [2.05, 4.69) is 55.1 Å². The van der Waals surface area contributed by atoms with E-state index in [1.54, 1.807) is 0 Å². The molecule has 1 heterocycles. The van der Waals surface area contributed by atoms with Crippen LogP contribution in [0.5, 0.6) is 0 Å². The lowest BCUT2D eigenvalue weighted by Gasteiger charge is -2.28. The van der Waals surface area contributed by atoms with Crippen molar-refractivity contribution in [2.75, 3.05) is 38.1 Å². The predicted molar refractivity (Wildman–Crippen MR) is 92.4 cm³/mol. The molecule has 1 saturated heterocycles. The molecule has 1 aromatic rings. The Bertz CT molecular complexity index is 468. The summed E-state index contributed by atoms with van der Waals surface area (Å²) >= 11 is 6.24. The summed E-state index contributed by atoms with van der Waals surface area (Å²) in [6.45, 7) is 11.9. The zero-order valence-corrected chi connectivity index (χ0v) is 14.5. The molecule has 0 bridgehead atoms. The van der Waals surface area contributed by atoms with Crippen LogP contribution < -0.4 is 10.2 Å². The van der Waals surface area contributed by atoms with Crippen LogP contribution in [-0.2, 0) is 6.54 Å². The molecule has 0 atom stereocenters. The second-order valence-electron chi connectivity index (χ2n) is 7.02. The van der Waals surface area contributed by atoms with Crippen molar-refractivity contribution >= 4 is 17.3 Å². The molecular weight excluding hydrogens is 282 g/mol. The second kappa shape index (κ2) is 6.99. The van der Waals surface area contributed by atoms with Crippen LogP contribution in [0.4, 0.5) is 5.69 Å². The van der Waals surface area contributed by atoms with Crippen LogP contribution >= 0.6 is 11.6 Å². The van der Waals surface area contributed by atoms with Gasteiger partial charge in [0, 0.05) is 42.4 Å². The maximum absolute atomic E-state index is 6.24. The van der Waals surface area contributed by atoms with Gasteiger partial charge < -0.3 is 15.1 Å². The van der Waals surface area contributed by atoms with Crippen molar-refractivity contribution < 1.29 is 0 Å². The molecule has 1 aliphatic rings. The molecule has 3 nitrogen and oxygen atoms in total. The van der Waals surface area contributed by atoms with Gasteiger partial charge in [-0.3, -0.25) is 0 Å². The number of halogens is 1. The fraction of sp³-hybridized carbons (Fsp3) is 0.647. The summed E-state index contributed by atoms with van der Waals surface area (Å²) in [6, 6.07) is 6.27. The first-order chi connectivity index (χ1) is 9.85. The summed E-state index contributed by atoms with van der Waals surface area (Å²) < 4.78 is 0. The van der Waals surface area contributed by atoms with Crippen LogP contribution in [0.2, 0.25) is 5.02 Å². The molecule has 118 valence electrons. The number of hydrogen-bond donors (Lipinski definition) is 1. The third-order valence-electron chi connectivity index (χ3n) is 3.92. The molecule has 0 unspecified atom stereocenters. The van der Waals surface area contributed by atoms with E-state index in [0.717, 1.165) is 31.2 Å². The minimum atomic E-state index is 0.121. The molecule has 0 spiro atoms. The van der Waals surface area contributed by atoms with E-state index in [1.165, 1.54) is 24.2 Å². The smallest absolute Gasteiger partial charge is 0.0427 e. The zero-order chi connectivity index (χ0) is 15.5. The number of hydrogen-bond acceptors (Lipinski definition) is 3. The maximum Gasteiger partial charge on any atom is 0.0427 e. The van der Waals surface area contributed by atoms with E-state index in [-0.39, 0.29) is 5.54 Å². The van der Waals surface area contributed by atoms with Crippen LogP contribution in [0.25, 0.3) is 0 Å². The Morgan fingerprint density at radius 2 is 1.90 bits per heavy atom. The van der Waals surface area contributed by atoms with Crippen molar-refractivity contribution in [3.8, 4) is 0 Å². The van der Waals surface area contributed by atoms with Crippen LogP contribution in [-0.4, -0.2) is 43.7 Å². The average Bonchev–Trinajstić information content (AvgIpc) is 2.61.